The standard InChI is InChI=1S/C18H27N3O2/c1-11-10-14-15(12(2)23-11)19-20-16(14)17(22)21-8-6-18(3,7-9-21)13-4-5-13/h11-13H,4-10H2,1-3H3,(H,19,20)/t11-,12+/m1/s1. The normalized spacial score (nSPS) is 30.1. The molecule has 0 radical (unpaired) electrons. The Bertz CT molecular complexity index is 612. The molecule has 2 fully saturated rings. The number of hydrogen-bond acceptors (Lipinski definition) is 3. The largest absolute Gasteiger partial charge is 0.369 e. The number of amides is 1. The first-order valence-corrected chi connectivity index (χ1v) is 9.00. The highest BCUT2D eigenvalue weighted by Crippen LogP contribution is 2.51. The molecule has 1 aliphatic carbocycles. The van der Waals surface area contributed by atoms with E-state index >= 15 is 0 Å². The Kier molecular flexibility index (Phi) is 3.52. The van der Waals surface area contributed by atoms with Crippen LogP contribution in [0.2, 0.25) is 0 Å². The number of piperidine rings is 1. The molecular weight excluding hydrogens is 290 g/mol. The Morgan fingerprint density at radius 3 is 2.65 bits per heavy atom. The summed E-state index contributed by atoms with van der Waals surface area (Å²) in [4.78, 5) is 15.0. The quantitative estimate of drug-likeness (QED) is 0.912. The molecule has 3 aliphatic rings. The first-order valence-electron chi connectivity index (χ1n) is 9.00. The van der Waals surface area contributed by atoms with E-state index in [1.807, 2.05) is 11.8 Å². The molecule has 1 amide bonds. The van der Waals surface area contributed by atoms with Crippen molar-refractivity contribution in [3.63, 3.8) is 0 Å². The average molecular weight is 317 g/mol. The summed E-state index contributed by atoms with van der Waals surface area (Å²) >= 11 is 0. The topological polar surface area (TPSA) is 58.2 Å². The number of nitrogens with zero attached hydrogens (tertiary/aromatic N) is 2. The van der Waals surface area contributed by atoms with Crippen molar-refractivity contribution >= 4 is 5.91 Å². The zero-order valence-corrected chi connectivity index (χ0v) is 14.4. The number of aromatic amines is 1. The second-order valence-corrected chi connectivity index (χ2v) is 7.98. The smallest absolute Gasteiger partial charge is 0.274 e. The molecule has 1 N–H and O–H groups in total. The Labute approximate surface area is 137 Å². The van der Waals surface area contributed by atoms with Gasteiger partial charge in [-0.05, 0) is 50.9 Å². The van der Waals surface area contributed by atoms with Gasteiger partial charge in [-0.15, -0.1) is 0 Å². The zero-order chi connectivity index (χ0) is 16.2. The van der Waals surface area contributed by atoms with Gasteiger partial charge in [-0.3, -0.25) is 9.89 Å². The number of nitrogens with one attached hydrogen (secondary N) is 1. The molecule has 2 atom stereocenters. The number of fused-ring (bicyclic) bond motifs is 1. The average Bonchev–Trinajstić information content (AvgIpc) is 3.29. The van der Waals surface area contributed by atoms with Crippen molar-refractivity contribution in [2.45, 2.75) is 65.1 Å². The summed E-state index contributed by atoms with van der Waals surface area (Å²) in [6.07, 6.45) is 5.92. The lowest BCUT2D eigenvalue weighted by Gasteiger charge is -2.39. The lowest BCUT2D eigenvalue weighted by molar-refractivity contribution is -0.00705. The molecule has 23 heavy (non-hydrogen) atoms. The summed E-state index contributed by atoms with van der Waals surface area (Å²) in [6.45, 7) is 8.22. The lowest BCUT2D eigenvalue weighted by Crippen LogP contribution is -2.43. The van der Waals surface area contributed by atoms with Crippen LogP contribution in [0.4, 0.5) is 0 Å². The minimum absolute atomic E-state index is 0.0117. The molecule has 1 saturated carbocycles. The van der Waals surface area contributed by atoms with Crippen LogP contribution in [0.5, 0.6) is 0 Å². The number of rotatable bonds is 2. The molecule has 0 unspecified atom stereocenters. The van der Waals surface area contributed by atoms with Crippen LogP contribution in [0, 0.1) is 11.3 Å². The number of likely N-dealkylation sites (tertiary alicyclic amines) is 1. The van der Waals surface area contributed by atoms with Crippen molar-refractivity contribution in [1.82, 2.24) is 15.1 Å². The first-order chi connectivity index (χ1) is 11.0. The van der Waals surface area contributed by atoms with Crippen LogP contribution in [-0.2, 0) is 11.2 Å². The molecule has 5 nitrogen and oxygen atoms in total. The van der Waals surface area contributed by atoms with Gasteiger partial charge in [-0.2, -0.15) is 5.10 Å². The highest BCUT2D eigenvalue weighted by Gasteiger charge is 2.44. The number of H-pyrrole nitrogens is 1. The van der Waals surface area contributed by atoms with Crippen LogP contribution in [-0.4, -0.2) is 40.2 Å². The summed E-state index contributed by atoms with van der Waals surface area (Å²) in [5.74, 6) is 0.999. The van der Waals surface area contributed by atoms with Crippen molar-refractivity contribution in [3.05, 3.63) is 17.0 Å². The highest BCUT2D eigenvalue weighted by atomic mass is 16.5. The van der Waals surface area contributed by atoms with Gasteiger partial charge in [0.1, 0.15) is 0 Å². The van der Waals surface area contributed by atoms with Crippen molar-refractivity contribution in [3.8, 4) is 0 Å². The van der Waals surface area contributed by atoms with Crippen molar-refractivity contribution in [1.29, 1.82) is 0 Å². The third kappa shape index (κ3) is 2.59. The van der Waals surface area contributed by atoms with Gasteiger partial charge in [0.05, 0.1) is 17.9 Å². The van der Waals surface area contributed by atoms with E-state index in [1.165, 1.54) is 12.8 Å². The second kappa shape index (κ2) is 5.33. The summed E-state index contributed by atoms with van der Waals surface area (Å²) in [7, 11) is 0. The van der Waals surface area contributed by atoms with Crippen molar-refractivity contribution < 1.29 is 9.53 Å². The zero-order valence-electron chi connectivity index (χ0n) is 14.4. The SMILES string of the molecule is C[C@@H]1Cc2c(C(=O)N3CCC(C)(C4CC4)CC3)n[nH]c2[C@H](C)O1. The van der Waals surface area contributed by atoms with Gasteiger partial charge < -0.3 is 9.64 Å². The van der Waals surface area contributed by atoms with E-state index in [2.05, 4.69) is 24.0 Å². The van der Waals surface area contributed by atoms with E-state index in [0.29, 0.717) is 11.1 Å². The molecule has 126 valence electrons. The molecule has 1 aromatic rings. The minimum atomic E-state index is -0.0117. The summed E-state index contributed by atoms with van der Waals surface area (Å²) in [5, 5.41) is 7.38. The van der Waals surface area contributed by atoms with Crippen LogP contribution < -0.4 is 0 Å². The molecular formula is C18H27N3O2. The van der Waals surface area contributed by atoms with Crippen LogP contribution >= 0.6 is 0 Å². The molecule has 1 saturated heterocycles. The van der Waals surface area contributed by atoms with Gasteiger partial charge in [0.2, 0.25) is 0 Å². The maximum atomic E-state index is 12.9. The fourth-order valence-corrected chi connectivity index (χ4v) is 4.41. The number of carbonyl (C=O) groups excluding carboxylic acids is 1. The molecule has 3 heterocycles. The number of aromatic nitrogens is 2. The van der Waals surface area contributed by atoms with E-state index in [9.17, 15) is 4.79 Å². The molecule has 0 aromatic carbocycles. The van der Waals surface area contributed by atoms with Gasteiger partial charge in [0.25, 0.3) is 5.91 Å². The maximum absolute atomic E-state index is 12.9. The predicted molar refractivity (Wildman–Crippen MR) is 87.2 cm³/mol. The highest BCUT2D eigenvalue weighted by molar-refractivity contribution is 5.94. The monoisotopic (exact) mass is 317 g/mol. The van der Waals surface area contributed by atoms with E-state index in [-0.39, 0.29) is 18.1 Å². The fourth-order valence-electron chi connectivity index (χ4n) is 4.41. The molecule has 0 spiro atoms. The molecule has 2 aliphatic heterocycles. The number of carbonyl (C=O) groups is 1. The van der Waals surface area contributed by atoms with Gasteiger partial charge in [-0.25, -0.2) is 0 Å². The van der Waals surface area contributed by atoms with Crippen molar-refractivity contribution in [2.24, 2.45) is 11.3 Å². The summed E-state index contributed by atoms with van der Waals surface area (Å²) < 4.78 is 5.82. The van der Waals surface area contributed by atoms with Crippen LogP contribution in [0.15, 0.2) is 0 Å². The van der Waals surface area contributed by atoms with E-state index < -0.39 is 0 Å². The Morgan fingerprint density at radius 2 is 2.00 bits per heavy atom. The fraction of sp³-hybridized carbons (Fsp3) is 0.778. The van der Waals surface area contributed by atoms with Crippen LogP contribution in [0.25, 0.3) is 0 Å². The van der Waals surface area contributed by atoms with Gasteiger partial charge in [-0.1, -0.05) is 6.92 Å². The van der Waals surface area contributed by atoms with E-state index in [0.717, 1.165) is 49.5 Å². The minimum Gasteiger partial charge on any atom is -0.369 e. The second-order valence-electron chi connectivity index (χ2n) is 7.98. The summed E-state index contributed by atoms with van der Waals surface area (Å²) in [6, 6.07) is 0. The van der Waals surface area contributed by atoms with E-state index in [4.69, 9.17) is 4.74 Å². The maximum Gasteiger partial charge on any atom is 0.274 e. The third-order valence-electron chi connectivity index (χ3n) is 6.19. The van der Waals surface area contributed by atoms with Gasteiger partial charge in [0.15, 0.2) is 5.69 Å². The number of hydrogen-bond donors (Lipinski definition) is 1. The van der Waals surface area contributed by atoms with Gasteiger partial charge >= 0.3 is 0 Å². The van der Waals surface area contributed by atoms with Crippen molar-refractivity contribution in [2.75, 3.05) is 13.1 Å². The lowest BCUT2D eigenvalue weighted by atomic mass is 9.76. The Hall–Kier alpha value is -1.36. The third-order valence-corrected chi connectivity index (χ3v) is 6.19. The van der Waals surface area contributed by atoms with Crippen LogP contribution in [0.1, 0.15) is 74.3 Å². The molecule has 5 heteroatoms. The van der Waals surface area contributed by atoms with E-state index in [1.54, 1.807) is 0 Å². The number of ether oxygens (including phenoxy) is 1. The predicted octanol–water partition coefficient (Wildman–Crippen LogP) is 3.08. The Balaban J connectivity index is 1.50. The molecule has 0 bridgehead atoms. The summed E-state index contributed by atoms with van der Waals surface area (Å²) in [5.41, 5.74) is 3.12. The Morgan fingerprint density at radius 1 is 1.30 bits per heavy atom. The molecule has 1 aromatic heterocycles. The van der Waals surface area contributed by atoms with Crippen LogP contribution in [0.3, 0.4) is 0 Å². The first kappa shape index (κ1) is 15.2. The van der Waals surface area contributed by atoms with Gasteiger partial charge in [0, 0.05) is 25.1 Å². The molecule has 4 rings (SSSR count).